The molecule has 1 aliphatic carbocycles. The molecule has 33 heavy (non-hydrogen) atoms. The van der Waals surface area contributed by atoms with Gasteiger partial charge < -0.3 is 9.47 Å². The smallest absolute Gasteiger partial charge is 0.315 e. The highest BCUT2D eigenvalue weighted by atomic mass is 16.5. The van der Waals surface area contributed by atoms with Crippen LogP contribution in [-0.2, 0) is 25.5 Å². The summed E-state index contributed by atoms with van der Waals surface area (Å²) in [5, 5.41) is 0. The molecule has 0 aromatic heterocycles. The van der Waals surface area contributed by atoms with Gasteiger partial charge >= 0.3 is 11.9 Å². The number of carbonyl (C=O) groups is 3. The minimum atomic E-state index is -0.679. The molecule has 6 nitrogen and oxygen atoms in total. The van der Waals surface area contributed by atoms with Crippen molar-refractivity contribution in [3.05, 3.63) is 77.0 Å². The van der Waals surface area contributed by atoms with Crippen LogP contribution in [0, 0.1) is 5.92 Å². The van der Waals surface area contributed by atoms with Crippen molar-refractivity contribution in [3.8, 4) is 5.75 Å². The van der Waals surface area contributed by atoms with E-state index in [0.29, 0.717) is 29.9 Å². The van der Waals surface area contributed by atoms with Crippen LogP contribution in [0.3, 0.4) is 0 Å². The molecule has 0 N–H and O–H groups in total. The normalized spacial score (nSPS) is 20.1. The van der Waals surface area contributed by atoms with Crippen LogP contribution in [0.15, 0.2) is 70.9 Å². The fraction of sp³-hybridized carbons (Fsp3) is 0.333. The predicted molar refractivity (Wildman–Crippen MR) is 124 cm³/mol. The Hall–Kier alpha value is -3.54. The molecular formula is C27H27NO5. The van der Waals surface area contributed by atoms with Crippen LogP contribution < -0.4 is 4.74 Å². The van der Waals surface area contributed by atoms with E-state index in [9.17, 15) is 14.4 Å². The first-order valence-corrected chi connectivity index (χ1v) is 11.2. The lowest BCUT2D eigenvalue weighted by molar-refractivity contribution is -0.146. The largest absolute Gasteiger partial charge is 0.465 e. The molecule has 1 aliphatic heterocycles. The standard InChI is InChI=1S/C27H27NO5/c1-17-24(27(31)32-16-15-19-7-4-3-5-8-19)25(26-22(28-17)9-6-10-23(26)30)20-11-13-21(14-12-20)33-18(2)29/h3-5,7-8,11-14,24-25H,6,9-10,15-16H2,1-2H3/t24?,25-/m1/s1. The number of hydrogen-bond acceptors (Lipinski definition) is 6. The van der Waals surface area contributed by atoms with Crippen molar-refractivity contribution in [3.63, 3.8) is 0 Å². The summed E-state index contributed by atoms with van der Waals surface area (Å²) in [6.45, 7) is 3.42. The lowest BCUT2D eigenvalue weighted by Crippen LogP contribution is -2.37. The molecule has 170 valence electrons. The Morgan fingerprint density at radius 1 is 1.03 bits per heavy atom. The highest BCUT2D eigenvalue weighted by Crippen LogP contribution is 2.43. The van der Waals surface area contributed by atoms with Gasteiger partial charge in [-0.3, -0.25) is 19.4 Å². The maximum absolute atomic E-state index is 13.3. The zero-order valence-corrected chi connectivity index (χ0v) is 18.9. The molecule has 1 heterocycles. The van der Waals surface area contributed by atoms with Gasteiger partial charge in [0.15, 0.2) is 5.78 Å². The van der Waals surface area contributed by atoms with E-state index >= 15 is 0 Å². The second-order valence-corrected chi connectivity index (χ2v) is 8.41. The Morgan fingerprint density at radius 2 is 1.76 bits per heavy atom. The van der Waals surface area contributed by atoms with E-state index in [-0.39, 0.29) is 18.4 Å². The molecule has 6 heteroatoms. The van der Waals surface area contributed by atoms with Crippen molar-refractivity contribution >= 4 is 23.4 Å². The van der Waals surface area contributed by atoms with E-state index in [1.807, 2.05) is 37.3 Å². The molecular weight excluding hydrogens is 418 g/mol. The van der Waals surface area contributed by atoms with E-state index in [1.165, 1.54) is 6.92 Å². The number of hydrogen-bond donors (Lipinski definition) is 0. The minimum absolute atomic E-state index is 0.0312. The summed E-state index contributed by atoms with van der Waals surface area (Å²) in [5.74, 6) is -1.49. The van der Waals surface area contributed by atoms with E-state index in [2.05, 4.69) is 4.99 Å². The first kappa shape index (κ1) is 22.6. The number of allylic oxidation sites excluding steroid dienone is 2. The van der Waals surface area contributed by atoms with Crippen molar-refractivity contribution in [1.29, 1.82) is 0 Å². The molecule has 0 fully saturated rings. The highest BCUT2D eigenvalue weighted by Gasteiger charge is 2.43. The molecule has 2 aromatic carbocycles. The number of esters is 2. The summed E-state index contributed by atoms with van der Waals surface area (Å²) in [7, 11) is 0. The molecule has 0 bridgehead atoms. The van der Waals surface area contributed by atoms with Crippen LogP contribution in [0.4, 0.5) is 0 Å². The molecule has 0 spiro atoms. The molecule has 2 aliphatic rings. The van der Waals surface area contributed by atoms with Crippen LogP contribution >= 0.6 is 0 Å². The Morgan fingerprint density at radius 3 is 2.45 bits per heavy atom. The van der Waals surface area contributed by atoms with E-state index in [4.69, 9.17) is 9.47 Å². The summed E-state index contributed by atoms with van der Waals surface area (Å²) >= 11 is 0. The number of aliphatic imine (C=N–C) groups is 1. The van der Waals surface area contributed by atoms with Gasteiger partial charge in [0, 0.05) is 42.7 Å². The molecule has 0 saturated heterocycles. The molecule has 4 rings (SSSR count). The average Bonchev–Trinajstić information content (AvgIpc) is 2.79. The van der Waals surface area contributed by atoms with E-state index in [0.717, 1.165) is 29.7 Å². The second-order valence-electron chi connectivity index (χ2n) is 8.41. The summed E-state index contributed by atoms with van der Waals surface area (Å²) < 4.78 is 10.8. The van der Waals surface area contributed by atoms with Crippen molar-refractivity contribution in [2.75, 3.05) is 6.61 Å². The summed E-state index contributed by atoms with van der Waals surface area (Å²) in [6, 6.07) is 16.8. The van der Waals surface area contributed by atoms with E-state index < -0.39 is 17.8 Å². The Labute approximate surface area is 193 Å². The monoisotopic (exact) mass is 445 g/mol. The lowest BCUT2D eigenvalue weighted by Gasteiger charge is -2.34. The number of benzene rings is 2. The molecule has 1 unspecified atom stereocenters. The van der Waals surface area contributed by atoms with Crippen molar-refractivity contribution in [1.82, 2.24) is 0 Å². The topological polar surface area (TPSA) is 82.0 Å². The van der Waals surface area contributed by atoms with Crippen LogP contribution in [-0.4, -0.2) is 30.0 Å². The maximum Gasteiger partial charge on any atom is 0.315 e. The van der Waals surface area contributed by atoms with Crippen molar-refractivity contribution in [2.45, 2.75) is 45.4 Å². The lowest BCUT2D eigenvalue weighted by atomic mass is 9.72. The average molecular weight is 446 g/mol. The van der Waals surface area contributed by atoms with Gasteiger partial charge in [-0.15, -0.1) is 0 Å². The van der Waals surface area contributed by atoms with Gasteiger partial charge in [0.05, 0.1) is 6.61 Å². The minimum Gasteiger partial charge on any atom is -0.465 e. The molecule has 0 amide bonds. The number of rotatable bonds is 6. The van der Waals surface area contributed by atoms with Gasteiger partial charge in [-0.1, -0.05) is 42.5 Å². The van der Waals surface area contributed by atoms with Crippen LogP contribution in [0.5, 0.6) is 5.75 Å². The number of ketones is 1. The first-order valence-electron chi connectivity index (χ1n) is 11.2. The third kappa shape index (κ3) is 5.11. The second kappa shape index (κ2) is 9.94. The Kier molecular flexibility index (Phi) is 6.82. The Balaban J connectivity index is 1.61. The number of ether oxygens (including phenoxy) is 2. The molecule has 2 aromatic rings. The van der Waals surface area contributed by atoms with Crippen molar-refractivity contribution in [2.24, 2.45) is 10.9 Å². The fourth-order valence-corrected chi connectivity index (χ4v) is 4.58. The molecule has 0 radical (unpaired) electrons. The van der Waals surface area contributed by atoms with Crippen molar-refractivity contribution < 1.29 is 23.9 Å². The van der Waals surface area contributed by atoms with Crippen LogP contribution in [0.2, 0.25) is 0 Å². The van der Waals surface area contributed by atoms with Gasteiger partial charge in [0.2, 0.25) is 0 Å². The zero-order valence-electron chi connectivity index (χ0n) is 18.9. The van der Waals surface area contributed by atoms with Crippen LogP contribution in [0.1, 0.15) is 50.2 Å². The fourth-order valence-electron chi connectivity index (χ4n) is 4.58. The number of carbonyl (C=O) groups excluding carboxylic acids is 3. The summed E-state index contributed by atoms with van der Waals surface area (Å²) in [4.78, 5) is 42.1. The summed E-state index contributed by atoms with van der Waals surface area (Å²) in [5.41, 5.74) is 3.92. The van der Waals surface area contributed by atoms with Gasteiger partial charge in [0.1, 0.15) is 11.7 Å². The van der Waals surface area contributed by atoms with E-state index in [1.54, 1.807) is 24.3 Å². The summed E-state index contributed by atoms with van der Waals surface area (Å²) in [6.07, 6.45) is 2.55. The highest BCUT2D eigenvalue weighted by molar-refractivity contribution is 6.08. The Bertz CT molecular complexity index is 1110. The zero-order chi connectivity index (χ0) is 23.4. The first-order chi connectivity index (χ1) is 15.9. The van der Waals surface area contributed by atoms with Crippen LogP contribution in [0.25, 0.3) is 0 Å². The third-order valence-electron chi connectivity index (χ3n) is 6.07. The SMILES string of the molecule is CC(=O)Oc1ccc([C@H]2C3=C(CCCC3=O)N=C(C)C2C(=O)OCCc2ccccc2)cc1. The number of Topliss-reactive ketones (excluding diaryl/α,β-unsaturated/α-hetero) is 1. The van der Waals surface area contributed by atoms with Gasteiger partial charge in [-0.25, -0.2) is 0 Å². The van der Waals surface area contributed by atoms with Gasteiger partial charge in [-0.05, 0) is 43.0 Å². The third-order valence-corrected chi connectivity index (χ3v) is 6.07. The van der Waals surface area contributed by atoms with Gasteiger partial charge in [0.25, 0.3) is 0 Å². The quantitative estimate of drug-likeness (QED) is 0.480. The number of nitrogens with zero attached hydrogens (tertiary/aromatic N) is 1. The molecule has 2 atom stereocenters. The van der Waals surface area contributed by atoms with Gasteiger partial charge in [-0.2, -0.15) is 0 Å². The molecule has 0 saturated carbocycles. The predicted octanol–water partition coefficient (Wildman–Crippen LogP) is 4.58. The maximum atomic E-state index is 13.3.